The zero-order valence-corrected chi connectivity index (χ0v) is 18.2. The van der Waals surface area contributed by atoms with Crippen LogP contribution in [0.25, 0.3) is 0 Å². The SMILES string of the molecule is CC[C@@H](C)NC(=O)[C@@H](C)N(Cc1ccc(F)cc1)C(=O)Cc1c(Cl)cccc1Cl. The third-order valence-corrected chi connectivity index (χ3v) is 5.53. The highest BCUT2D eigenvalue weighted by Gasteiger charge is 2.27. The Morgan fingerprint density at radius 2 is 1.66 bits per heavy atom. The lowest BCUT2D eigenvalue weighted by Gasteiger charge is -2.30. The van der Waals surface area contributed by atoms with Gasteiger partial charge >= 0.3 is 0 Å². The molecule has 0 aliphatic carbocycles. The standard InChI is InChI=1S/C22H25Cl2FN2O2/c1-4-14(2)26-22(29)15(3)27(13-16-8-10-17(25)11-9-16)21(28)12-18-19(23)6-5-7-20(18)24/h5-11,14-15H,4,12-13H2,1-3H3,(H,26,29)/t14-,15-/m1/s1. The fraction of sp³-hybridized carbons (Fsp3) is 0.364. The van der Waals surface area contributed by atoms with Crippen molar-refractivity contribution in [2.45, 2.75) is 52.2 Å². The number of rotatable bonds is 8. The Balaban J connectivity index is 2.28. The lowest BCUT2D eigenvalue weighted by molar-refractivity contribution is -0.140. The molecule has 7 heteroatoms. The summed E-state index contributed by atoms with van der Waals surface area (Å²) in [4.78, 5) is 27.3. The summed E-state index contributed by atoms with van der Waals surface area (Å²) in [6.07, 6.45) is 0.736. The third kappa shape index (κ3) is 6.44. The molecule has 0 spiro atoms. The van der Waals surface area contributed by atoms with Gasteiger partial charge in [-0.05, 0) is 55.7 Å². The molecule has 0 saturated carbocycles. The van der Waals surface area contributed by atoms with Crippen molar-refractivity contribution in [3.63, 3.8) is 0 Å². The minimum atomic E-state index is -0.720. The average molecular weight is 439 g/mol. The summed E-state index contributed by atoms with van der Waals surface area (Å²) in [6, 6.07) is 10.2. The Morgan fingerprint density at radius 1 is 1.07 bits per heavy atom. The second kappa shape index (κ2) is 10.6. The van der Waals surface area contributed by atoms with Crippen molar-refractivity contribution in [2.75, 3.05) is 0 Å². The minimum Gasteiger partial charge on any atom is -0.352 e. The summed E-state index contributed by atoms with van der Waals surface area (Å²) in [6.45, 7) is 5.71. The van der Waals surface area contributed by atoms with E-state index in [1.807, 2.05) is 13.8 Å². The Hall–Kier alpha value is -2.11. The smallest absolute Gasteiger partial charge is 0.242 e. The van der Waals surface area contributed by atoms with Crippen molar-refractivity contribution in [1.82, 2.24) is 10.2 Å². The normalized spacial score (nSPS) is 12.9. The number of halogens is 3. The Labute approximate surface area is 181 Å². The first-order chi connectivity index (χ1) is 13.7. The molecule has 0 radical (unpaired) electrons. The molecule has 0 unspecified atom stereocenters. The van der Waals surface area contributed by atoms with Gasteiger partial charge in [-0.1, -0.05) is 48.3 Å². The predicted octanol–water partition coefficient (Wildman–Crippen LogP) is 5.01. The fourth-order valence-electron chi connectivity index (χ4n) is 2.79. The number of carbonyl (C=O) groups excluding carboxylic acids is 2. The summed E-state index contributed by atoms with van der Waals surface area (Å²) in [5.74, 6) is -0.909. The summed E-state index contributed by atoms with van der Waals surface area (Å²) < 4.78 is 13.3. The van der Waals surface area contributed by atoms with Gasteiger partial charge < -0.3 is 10.2 Å². The number of hydrogen-bond acceptors (Lipinski definition) is 2. The van der Waals surface area contributed by atoms with Crippen molar-refractivity contribution in [2.24, 2.45) is 0 Å². The van der Waals surface area contributed by atoms with Crippen LogP contribution in [-0.4, -0.2) is 28.8 Å². The van der Waals surface area contributed by atoms with E-state index in [-0.39, 0.29) is 36.6 Å². The Bertz CT molecular complexity index is 838. The molecule has 0 heterocycles. The van der Waals surface area contributed by atoms with Crippen LogP contribution in [-0.2, 0) is 22.6 Å². The third-order valence-electron chi connectivity index (χ3n) is 4.82. The van der Waals surface area contributed by atoms with E-state index >= 15 is 0 Å². The van der Waals surface area contributed by atoms with Gasteiger partial charge in [0.25, 0.3) is 0 Å². The molecule has 2 amide bonds. The largest absolute Gasteiger partial charge is 0.352 e. The van der Waals surface area contributed by atoms with Crippen LogP contribution in [0.15, 0.2) is 42.5 Å². The highest BCUT2D eigenvalue weighted by molar-refractivity contribution is 6.36. The molecule has 0 fully saturated rings. The quantitative estimate of drug-likeness (QED) is 0.629. The van der Waals surface area contributed by atoms with Crippen molar-refractivity contribution in [3.05, 3.63) is 69.5 Å². The van der Waals surface area contributed by atoms with Crippen LogP contribution in [0, 0.1) is 5.82 Å². The van der Waals surface area contributed by atoms with E-state index in [0.717, 1.165) is 6.42 Å². The van der Waals surface area contributed by atoms with Gasteiger partial charge in [-0.15, -0.1) is 0 Å². The molecule has 29 heavy (non-hydrogen) atoms. The molecule has 0 aliphatic rings. The second-order valence-electron chi connectivity index (χ2n) is 7.02. The van der Waals surface area contributed by atoms with E-state index in [2.05, 4.69) is 5.32 Å². The fourth-order valence-corrected chi connectivity index (χ4v) is 3.32. The Kier molecular flexibility index (Phi) is 8.47. The summed E-state index contributed by atoms with van der Waals surface area (Å²) in [5.41, 5.74) is 1.23. The number of benzene rings is 2. The van der Waals surface area contributed by atoms with Gasteiger partial charge in [0.05, 0.1) is 6.42 Å². The van der Waals surface area contributed by atoms with Crippen LogP contribution < -0.4 is 5.32 Å². The van der Waals surface area contributed by atoms with Gasteiger partial charge in [-0.3, -0.25) is 9.59 Å². The van der Waals surface area contributed by atoms with Crippen LogP contribution in [0.4, 0.5) is 4.39 Å². The van der Waals surface area contributed by atoms with Crippen molar-refractivity contribution < 1.29 is 14.0 Å². The lowest BCUT2D eigenvalue weighted by Crippen LogP contribution is -2.49. The molecular weight excluding hydrogens is 414 g/mol. The molecule has 0 saturated heterocycles. The minimum absolute atomic E-state index is 0.00858. The topological polar surface area (TPSA) is 49.4 Å². The summed E-state index contributed by atoms with van der Waals surface area (Å²) in [5, 5.41) is 3.69. The van der Waals surface area contributed by atoms with Crippen molar-refractivity contribution in [3.8, 4) is 0 Å². The summed E-state index contributed by atoms with van der Waals surface area (Å²) in [7, 11) is 0. The maximum absolute atomic E-state index is 13.3. The number of hydrogen-bond donors (Lipinski definition) is 1. The zero-order valence-electron chi connectivity index (χ0n) is 16.7. The molecule has 0 bridgehead atoms. The molecule has 2 aromatic rings. The molecule has 156 valence electrons. The van der Waals surface area contributed by atoms with Gasteiger partial charge in [-0.25, -0.2) is 4.39 Å². The van der Waals surface area contributed by atoms with Gasteiger partial charge in [0.1, 0.15) is 11.9 Å². The Morgan fingerprint density at radius 3 is 2.21 bits per heavy atom. The zero-order chi connectivity index (χ0) is 21.6. The number of amides is 2. The van der Waals surface area contributed by atoms with Crippen LogP contribution in [0.5, 0.6) is 0 Å². The predicted molar refractivity (Wildman–Crippen MR) is 114 cm³/mol. The molecule has 2 atom stereocenters. The molecule has 1 N–H and O–H groups in total. The lowest BCUT2D eigenvalue weighted by atomic mass is 10.1. The highest BCUT2D eigenvalue weighted by atomic mass is 35.5. The number of nitrogens with zero attached hydrogens (tertiary/aromatic N) is 1. The first kappa shape index (κ1) is 23.2. The van der Waals surface area contributed by atoms with Gasteiger partial charge in [0.2, 0.25) is 11.8 Å². The second-order valence-corrected chi connectivity index (χ2v) is 7.83. The van der Waals surface area contributed by atoms with Crippen molar-refractivity contribution >= 4 is 35.0 Å². The van der Waals surface area contributed by atoms with E-state index in [1.54, 1.807) is 37.3 Å². The van der Waals surface area contributed by atoms with Crippen LogP contribution >= 0.6 is 23.2 Å². The molecule has 2 aromatic carbocycles. The van der Waals surface area contributed by atoms with Gasteiger partial charge in [-0.2, -0.15) is 0 Å². The van der Waals surface area contributed by atoms with Crippen molar-refractivity contribution in [1.29, 1.82) is 0 Å². The molecule has 0 aliphatic heterocycles. The number of carbonyl (C=O) groups is 2. The molecule has 0 aromatic heterocycles. The average Bonchev–Trinajstić information content (AvgIpc) is 2.69. The highest BCUT2D eigenvalue weighted by Crippen LogP contribution is 2.26. The first-order valence-corrected chi connectivity index (χ1v) is 10.3. The molecule has 4 nitrogen and oxygen atoms in total. The molecule has 2 rings (SSSR count). The van der Waals surface area contributed by atoms with Crippen LogP contribution in [0.2, 0.25) is 10.0 Å². The van der Waals surface area contributed by atoms with Crippen LogP contribution in [0.1, 0.15) is 38.3 Å². The van der Waals surface area contributed by atoms with Gasteiger partial charge in [0, 0.05) is 22.6 Å². The first-order valence-electron chi connectivity index (χ1n) is 9.50. The number of nitrogens with one attached hydrogen (secondary N) is 1. The van der Waals surface area contributed by atoms with E-state index < -0.39 is 6.04 Å². The van der Waals surface area contributed by atoms with E-state index in [4.69, 9.17) is 23.2 Å². The van der Waals surface area contributed by atoms with E-state index in [1.165, 1.54) is 17.0 Å². The van der Waals surface area contributed by atoms with E-state index in [0.29, 0.717) is 21.2 Å². The maximum Gasteiger partial charge on any atom is 0.242 e. The summed E-state index contributed by atoms with van der Waals surface area (Å²) >= 11 is 12.4. The van der Waals surface area contributed by atoms with Crippen LogP contribution in [0.3, 0.4) is 0 Å². The van der Waals surface area contributed by atoms with E-state index in [9.17, 15) is 14.0 Å². The maximum atomic E-state index is 13.3. The molecular formula is C22H25Cl2FN2O2. The monoisotopic (exact) mass is 438 g/mol. The van der Waals surface area contributed by atoms with Gasteiger partial charge in [0.15, 0.2) is 0 Å².